The fourth-order valence-corrected chi connectivity index (χ4v) is 2.61. The van der Waals surface area contributed by atoms with Gasteiger partial charge in [0, 0.05) is 6.54 Å². The van der Waals surface area contributed by atoms with E-state index in [1.54, 1.807) is 24.3 Å². The number of amides is 2. The summed E-state index contributed by atoms with van der Waals surface area (Å²) in [5, 5.41) is 8.94. The van der Waals surface area contributed by atoms with Crippen molar-refractivity contribution in [3.05, 3.63) is 29.8 Å². The average Bonchev–Trinajstić information content (AvgIpc) is 2.64. The van der Waals surface area contributed by atoms with Crippen LogP contribution in [0.1, 0.15) is 24.8 Å². The largest absolute Gasteiger partial charge is 0.481 e. The summed E-state index contributed by atoms with van der Waals surface area (Å²) in [5.41, 5.74) is 5.60. The summed E-state index contributed by atoms with van der Waals surface area (Å²) in [6.07, 6.45) is 2.11. The van der Waals surface area contributed by atoms with Gasteiger partial charge < -0.3 is 20.1 Å². The normalized spacial score (nSPS) is 16.6. The van der Waals surface area contributed by atoms with E-state index in [0.29, 0.717) is 18.5 Å². The Morgan fingerprint density at radius 2 is 2.00 bits per heavy atom. The highest BCUT2D eigenvalue weighted by molar-refractivity contribution is 5.88. The van der Waals surface area contributed by atoms with Crippen LogP contribution in [0.2, 0.25) is 0 Å². The van der Waals surface area contributed by atoms with E-state index in [-0.39, 0.29) is 5.75 Å². The van der Waals surface area contributed by atoms with Crippen molar-refractivity contribution in [3.8, 4) is 11.8 Å². The Bertz CT molecular complexity index is 698. The number of hydrogen-bond acceptors (Lipinski definition) is 6. The number of nitriles is 1. The Morgan fingerprint density at radius 3 is 2.72 bits per heavy atom. The topological polar surface area (TPSA) is 123 Å². The third kappa shape index (κ3) is 4.94. The van der Waals surface area contributed by atoms with Gasteiger partial charge in [0.2, 0.25) is 5.91 Å². The maximum absolute atomic E-state index is 12.1. The lowest BCUT2D eigenvalue weighted by atomic mass is 10.0. The fourth-order valence-electron chi connectivity index (χ4n) is 2.61. The zero-order valence-electron chi connectivity index (χ0n) is 13.6. The van der Waals surface area contributed by atoms with Crippen LogP contribution in [0.5, 0.6) is 5.75 Å². The number of nitrogens with zero attached hydrogens (tertiary/aromatic N) is 2. The van der Waals surface area contributed by atoms with Gasteiger partial charge in [0.05, 0.1) is 5.56 Å². The number of primary amides is 1. The maximum atomic E-state index is 12.1. The van der Waals surface area contributed by atoms with E-state index in [9.17, 15) is 14.4 Å². The summed E-state index contributed by atoms with van der Waals surface area (Å²) in [7, 11) is 0. The molecule has 2 amide bonds. The molecule has 1 atom stereocenters. The van der Waals surface area contributed by atoms with E-state index in [1.807, 2.05) is 6.07 Å². The van der Waals surface area contributed by atoms with Crippen molar-refractivity contribution >= 4 is 17.8 Å². The second-order valence-electron chi connectivity index (χ2n) is 5.56. The van der Waals surface area contributed by atoms with E-state index >= 15 is 0 Å². The molecule has 25 heavy (non-hydrogen) atoms. The molecule has 1 fully saturated rings. The van der Waals surface area contributed by atoms with Crippen molar-refractivity contribution in [1.82, 2.24) is 4.90 Å². The van der Waals surface area contributed by atoms with Gasteiger partial charge >= 0.3 is 5.97 Å². The van der Waals surface area contributed by atoms with Gasteiger partial charge in [-0.15, -0.1) is 0 Å². The quantitative estimate of drug-likeness (QED) is 0.742. The zero-order valence-corrected chi connectivity index (χ0v) is 13.6. The first-order chi connectivity index (χ1) is 12.0. The maximum Gasteiger partial charge on any atom is 0.344 e. The number of ether oxygens (including phenoxy) is 2. The molecule has 2 N–H and O–H groups in total. The number of carbonyl (C=O) groups excluding carboxylic acids is 3. The van der Waals surface area contributed by atoms with Gasteiger partial charge in [-0.3, -0.25) is 9.59 Å². The predicted molar refractivity (Wildman–Crippen MR) is 86.2 cm³/mol. The number of para-hydroxylation sites is 1. The molecule has 0 aliphatic carbocycles. The first-order valence-corrected chi connectivity index (χ1v) is 7.89. The number of esters is 1. The zero-order chi connectivity index (χ0) is 18.2. The van der Waals surface area contributed by atoms with Gasteiger partial charge in [0.1, 0.15) is 17.9 Å². The number of hydrogen-bond donors (Lipinski definition) is 1. The Morgan fingerprint density at radius 1 is 1.24 bits per heavy atom. The monoisotopic (exact) mass is 345 g/mol. The van der Waals surface area contributed by atoms with Crippen LogP contribution in [0.25, 0.3) is 0 Å². The van der Waals surface area contributed by atoms with E-state index in [1.165, 1.54) is 4.90 Å². The molecule has 1 saturated heterocycles. The summed E-state index contributed by atoms with van der Waals surface area (Å²) < 4.78 is 10.1. The number of carbonyl (C=O) groups is 3. The summed E-state index contributed by atoms with van der Waals surface area (Å²) in [5.74, 6) is -1.50. The number of nitrogens with two attached hydrogens (primary N) is 1. The first kappa shape index (κ1) is 18.3. The highest BCUT2D eigenvalue weighted by Crippen LogP contribution is 2.17. The van der Waals surface area contributed by atoms with Crippen molar-refractivity contribution in [1.29, 1.82) is 5.26 Å². The van der Waals surface area contributed by atoms with Gasteiger partial charge in [-0.25, -0.2) is 4.79 Å². The van der Waals surface area contributed by atoms with Crippen LogP contribution in [-0.4, -0.2) is 48.5 Å². The molecule has 0 aromatic heterocycles. The van der Waals surface area contributed by atoms with Crippen LogP contribution in [0.4, 0.5) is 0 Å². The molecule has 0 unspecified atom stereocenters. The highest BCUT2D eigenvalue weighted by atomic mass is 16.6. The molecule has 8 heteroatoms. The van der Waals surface area contributed by atoms with E-state index in [2.05, 4.69) is 0 Å². The lowest BCUT2D eigenvalue weighted by Crippen LogP contribution is -2.51. The Balaban J connectivity index is 1.82. The second-order valence-corrected chi connectivity index (χ2v) is 5.56. The van der Waals surface area contributed by atoms with Crippen molar-refractivity contribution < 1.29 is 23.9 Å². The molecule has 132 valence electrons. The third-order valence-electron chi connectivity index (χ3n) is 3.86. The molecule has 1 aliphatic rings. The molecule has 1 aromatic carbocycles. The predicted octanol–water partition coefficient (Wildman–Crippen LogP) is 0.347. The number of piperidine rings is 1. The minimum Gasteiger partial charge on any atom is -0.481 e. The van der Waals surface area contributed by atoms with Gasteiger partial charge in [-0.2, -0.15) is 5.26 Å². The Hall–Kier alpha value is -3.08. The van der Waals surface area contributed by atoms with Crippen LogP contribution in [-0.2, 0) is 19.1 Å². The lowest BCUT2D eigenvalue weighted by Gasteiger charge is -2.33. The SMILES string of the molecule is N#Cc1ccccc1OCC(=O)OCC(=O)N1CCCC[C@@H]1C(N)=O. The smallest absolute Gasteiger partial charge is 0.344 e. The van der Waals surface area contributed by atoms with Gasteiger partial charge in [-0.05, 0) is 31.4 Å². The Kier molecular flexibility index (Phi) is 6.34. The third-order valence-corrected chi connectivity index (χ3v) is 3.86. The molecule has 0 saturated carbocycles. The molecular weight excluding hydrogens is 326 g/mol. The molecule has 8 nitrogen and oxygen atoms in total. The minimum atomic E-state index is -0.742. The fraction of sp³-hybridized carbons (Fsp3) is 0.412. The molecule has 0 radical (unpaired) electrons. The average molecular weight is 345 g/mol. The summed E-state index contributed by atoms with van der Waals surface area (Å²) >= 11 is 0. The van der Waals surface area contributed by atoms with E-state index in [0.717, 1.165) is 12.8 Å². The van der Waals surface area contributed by atoms with Crippen LogP contribution in [0, 0.1) is 11.3 Å². The van der Waals surface area contributed by atoms with Gasteiger partial charge in [-0.1, -0.05) is 12.1 Å². The summed E-state index contributed by atoms with van der Waals surface area (Å²) in [4.78, 5) is 36.6. The van der Waals surface area contributed by atoms with Crippen molar-refractivity contribution in [2.24, 2.45) is 5.73 Å². The van der Waals surface area contributed by atoms with Crippen LogP contribution >= 0.6 is 0 Å². The summed E-state index contributed by atoms with van der Waals surface area (Å²) in [6, 6.07) is 7.76. The van der Waals surface area contributed by atoms with E-state index in [4.69, 9.17) is 20.5 Å². The molecule has 0 spiro atoms. The molecular formula is C17H19N3O5. The van der Waals surface area contributed by atoms with Gasteiger partial charge in [0.15, 0.2) is 13.2 Å². The lowest BCUT2D eigenvalue weighted by molar-refractivity contribution is -0.156. The molecule has 1 aliphatic heterocycles. The standard InChI is InChI=1S/C17H19N3O5/c18-9-12-5-1-2-7-14(12)24-11-16(22)25-10-15(21)20-8-4-3-6-13(20)17(19)23/h1-2,5,7,13H,3-4,6,8,10-11H2,(H2,19,23)/t13-/m1/s1. The van der Waals surface area contributed by atoms with Crippen LogP contribution in [0.15, 0.2) is 24.3 Å². The van der Waals surface area contributed by atoms with Gasteiger partial charge in [0.25, 0.3) is 5.91 Å². The van der Waals surface area contributed by atoms with Crippen molar-refractivity contribution in [2.75, 3.05) is 19.8 Å². The molecule has 1 aromatic rings. The molecule has 1 heterocycles. The van der Waals surface area contributed by atoms with E-state index < -0.39 is 37.0 Å². The number of rotatable bonds is 6. The summed E-state index contributed by atoms with van der Waals surface area (Å²) in [6.45, 7) is -0.493. The molecule has 0 bridgehead atoms. The first-order valence-electron chi connectivity index (χ1n) is 7.89. The van der Waals surface area contributed by atoms with Crippen LogP contribution < -0.4 is 10.5 Å². The van der Waals surface area contributed by atoms with Crippen LogP contribution in [0.3, 0.4) is 0 Å². The second kappa shape index (κ2) is 8.68. The highest BCUT2D eigenvalue weighted by Gasteiger charge is 2.30. The molecule has 2 rings (SSSR count). The minimum absolute atomic E-state index is 0.262. The number of benzene rings is 1. The number of likely N-dealkylation sites (tertiary alicyclic amines) is 1. The van der Waals surface area contributed by atoms with Crippen molar-refractivity contribution in [3.63, 3.8) is 0 Å². The Labute approximate surface area is 145 Å². The van der Waals surface area contributed by atoms with Crippen molar-refractivity contribution in [2.45, 2.75) is 25.3 Å².